The van der Waals surface area contributed by atoms with E-state index in [0.29, 0.717) is 4.47 Å². The molecule has 0 aliphatic heterocycles. The van der Waals surface area contributed by atoms with Crippen LogP contribution in [0.15, 0.2) is 22.7 Å². The number of halogens is 4. The Labute approximate surface area is 89.3 Å². The van der Waals surface area contributed by atoms with Gasteiger partial charge in [0.15, 0.2) is 0 Å². The van der Waals surface area contributed by atoms with E-state index in [0.717, 1.165) is 12.0 Å². The van der Waals surface area contributed by atoms with Crippen molar-refractivity contribution in [3.05, 3.63) is 33.8 Å². The minimum atomic E-state index is -4.14. The van der Waals surface area contributed by atoms with Crippen LogP contribution >= 0.6 is 15.9 Å². The second kappa shape index (κ2) is 4.34. The van der Waals surface area contributed by atoms with E-state index in [1.807, 2.05) is 6.92 Å². The lowest BCUT2D eigenvalue weighted by Gasteiger charge is -2.09. The lowest BCUT2D eigenvalue weighted by Crippen LogP contribution is -2.11. The molecule has 1 aromatic carbocycles. The Kier molecular flexibility index (Phi) is 3.59. The quantitative estimate of drug-likeness (QED) is 0.756. The summed E-state index contributed by atoms with van der Waals surface area (Å²) in [5.41, 5.74) is 1.32. The van der Waals surface area contributed by atoms with Crippen LogP contribution in [0.5, 0.6) is 0 Å². The number of rotatable bonds is 2. The van der Waals surface area contributed by atoms with Crippen molar-refractivity contribution >= 4 is 15.9 Å². The van der Waals surface area contributed by atoms with Crippen molar-refractivity contribution in [2.24, 2.45) is 0 Å². The lowest BCUT2D eigenvalue weighted by molar-refractivity contribution is -0.127. The Morgan fingerprint density at radius 3 is 2.36 bits per heavy atom. The Morgan fingerprint density at radius 1 is 1.29 bits per heavy atom. The predicted molar refractivity (Wildman–Crippen MR) is 53.3 cm³/mol. The van der Waals surface area contributed by atoms with Crippen molar-refractivity contribution in [2.75, 3.05) is 0 Å². The zero-order valence-corrected chi connectivity index (χ0v) is 9.24. The summed E-state index contributed by atoms with van der Waals surface area (Å²) >= 11 is 3.14. The number of aryl methyl sites for hydroxylation is 1. The van der Waals surface area contributed by atoms with E-state index in [-0.39, 0.29) is 5.56 Å². The summed E-state index contributed by atoms with van der Waals surface area (Å²) in [5, 5.41) is 0. The fraction of sp³-hybridized carbons (Fsp3) is 0.400. The molecule has 0 saturated carbocycles. The zero-order valence-electron chi connectivity index (χ0n) is 7.66. The van der Waals surface area contributed by atoms with Gasteiger partial charge < -0.3 is 0 Å². The molecule has 0 aliphatic carbocycles. The SMILES string of the molecule is CCc1ccc(CC(F)(F)F)c(Br)c1. The summed E-state index contributed by atoms with van der Waals surface area (Å²) in [7, 11) is 0. The van der Waals surface area contributed by atoms with Gasteiger partial charge >= 0.3 is 6.18 Å². The minimum Gasteiger partial charge on any atom is -0.171 e. The molecule has 14 heavy (non-hydrogen) atoms. The molecule has 1 aromatic rings. The molecule has 0 unspecified atom stereocenters. The van der Waals surface area contributed by atoms with Crippen LogP contribution < -0.4 is 0 Å². The van der Waals surface area contributed by atoms with Crippen molar-refractivity contribution in [3.63, 3.8) is 0 Å². The van der Waals surface area contributed by atoms with E-state index in [1.54, 1.807) is 12.1 Å². The van der Waals surface area contributed by atoms with Gasteiger partial charge in [0.1, 0.15) is 0 Å². The fourth-order valence-corrected chi connectivity index (χ4v) is 1.74. The van der Waals surface area contributed by atoms with Crippen molar-refractivity contribution in [1.29, 1.82) is 0 Å². The summed E-state index contributed by atoms with van der Waals surface area (Å²) in [4.78, 5) is 0. The number of hydrogen-bond acceptors (Lipinski definition) is 0. The summed E-state index contributed by atoms with van der Waals surface area (Å²) in [5.74, 6) is 0. The van der Waals surface area contributed by atoms with Crippen molar-refractivity contribution in [3.8, 4) is 0 Å². The minimum absolute atomic E-state index is 0.287. The number of alkyl halides is 3. The molecule has 1 rings (SSSR count). The van der Waals surface area contributed by atoms with Gasteiger partial charge in [-0.1, -0.05) is 35.0 Å². The molecular weight excluding hydrogens is 257 g/mol. The van der Waals surface area contributed by atoms with E-state index in [1.165, 1.54) is 6.07 Å². The van der Waals surface area contributed by atoms with Crippen LogP contribution in [0, 0.1) is 0 Å². The lowest BCUT2D eigenvalue weighted by atomic mass is 10.1. The van der Waals surface area contributed by atoms with Gasteiger partial charge in [-0.3, -0.25) is 0 Å². The third-order valence-electron chi connectivity index (χ3n) is 1.92. The first-order chi connectivity index (χ1) is 6.42. The summed E-state index contributed by atoms with van der Waals surface area (Å²) in [6.45, 7) is 1.96. The molecule has 0 N–H and O–H groups in total. The molecule has 0 aromatic heterocycles. The fourth-order valence-electron chi connectivity index (χ4n) is 1.17. The van der Waals surface area contributed by atoms with Crippen LogP contribution in [0.3, 0.4) is 0 Å². The van der Waals surface area contributed by atoms with E-state index < -0.39 is 12.6 Å². The highest BCUT2D eigenvalue weighted by Gasteiger charge is 2.28. The molecular formula is C10H10BrF3. The van der Waals surface area contributed by atoms with Gasteiger partial charge in [0.2, 0.25) is 0 Å². The van der Waals surface area contributed by atoms with Gasteiger partial charge in [-0.05, 0) is 23.6 Å². The van der Waals surface area contributed by atoms with Gasteiger partial charge in [0.25, 0.3) is 0 Å². The van der Waals surface area contributed by atoms with Crippen LogP contribution in [0.25, 0.3) is 0 Å². The monoisotopic (exact) mass is 266 g/mol. The van der Waals surface area contributed by atoms with Crippen LogP contribution in [0.1, 0.15) is 18.1 Å². The molecule has 0 heterocycles. The maximum atomic E-state index is 12.1. The Morgan fingerprint density at radius 2 is 1.93 bits per heavy atom. The van der Waals surface area contributed by atoms with E-state index in [4.69, 9.17) is 0 Å². The van der Waals surface area contributed by atoms with Crippen molar-refractivity contribution in [2.45, 2.75) is 25.9 Å². The Hall–Kier alpha value is -0.510. The number of benzene rings is 1. The highest BCUT2D eigenvalue weighted by Crippen LogP contribution is 2.27. The molecule has 4 heteroatoms. The van der Waals surface area contributed by atoms with Crippen LogP contribution in [-0.2, 0) is 12.8 Å². The first-order valence-electron chi connectivity index (χ1n) is 4.26. The molecule has 0 radical (unpaired) electrons. The topological polar surface area (TPSA) is 0 Å². The van der Waals surface area contributed by atoms with E-state index >= 15 is 0 Å². The maximum Gasteiger partial charge on any atom is 0.393 e. The first kappa shape index (κ1) is 11.6. The van der Waals surface area contributed by atoms with Gasteiger partial charge in [0, 0.05) is 4.47 Å². The molecule has 0 spiro atoms. The summed E-state index contributed by atoms with van der Waals surface area (Å²) in [6.07, 6.45) is -4.20. The van der Waals surface area contributed by atoms with Gasteiger partial charge in [-0.25, -0.2) is 0 Å². The third kappa shape index (κ3) is 3.33. The molecule has 0 fully saturated rings. The Balaban J connectivity index is 2.89. The largest absolute Gasteiger partial charge is 0.393 e. The molecule has 0 nitrogen and oxygen atoms in total. The predicted octanol–water partition coefficient (Wildman–Crippen LogP) is 4.12. The molecule has 78 valence electrons. The Bertz CT molecular complexity index is 318. The summed E-state index contributed by atoms with van der Waals surface area (Å²) in [6, 6.07) is 4.99. The zero-order chi connectivity index (χ0) is 10.8. The van der Waals surface area contributed by atoms with Crippen LogP contribution in [-0.4, -0.2) is 6.18 Å². The average molecular weight is 267 g/mol. The van der Waals surface area contributed by atoms with E-state index in [9.17, 15) is 13.2 Å². The van der Waals surface area contributed by atoms with Crippen LogP contribution in [0.2, 0.25) is 0 Å². The van der Waals surface area contributed by atoms with Crippen LogP contribution in [0.4, 0.5) is 13.2 Å². The molecule has 0 aliphatic rings. The smallest absolute Gasteiger partial charge is 0.171 e. The third-order valence-corrected chi connectivity index (χ3v) is 2.65. The van der Waals surface area contributed by atoms with Gasteiger partial charge in [-0.2, -0.15) is 13.2 Å². The normalized spacial score (nSPS) is 11.8. The number of hydrogen-bond donors (Lipinski definition) is 0. The molecule has 0 atom stereocenters. The molecule has 0 saturated heterocycles. The second-order valence-electron chi connectivity index (χ2n) is 3.07. The highest BCUT2D eigenvalue weighted by atomic mass is 79.9. The van der Waals surface area contributed by atoms with Crippen molar-refractivity contribution < 1.29 is 13.2 Å². The summed E-state index contributed by atoms with van der Waals surface area (Å²) < 4.78 is 36.8. The molecule has 0 amide bonds. The maximum absolute atomic E-state index is 12.1. The van der Waals surface area contributed by atoms with Gasteiger partial charge in [-0.15, -0.1) is 0 Å². The molecule has 0 bridgehead atoms. The highest BCUT2D eigenvalue weighted by molar-refractivity contribution is 9.10. The standard InChI is InChI=1S/C10H10BrF3/c1-2-7-3-4-8(9(11)5-7)6-10(12,13)14/h3-5H,2,6H2,1H3. The second-order valence-corrected chi connectivity index (χ2v) is 3.93. The van der Waals surface area contributed by atoms with E-state index in [2.05, 4.69) is 15.9 Å². The average Bonchev–Trinajstić information content (AvgIpc) is 2.06. The first-order valence-corrected chi connectivity index (χ1v) is 5.05. The van der Waals surface area contributed by atoms with Gasteiger partial charge in [0.05, 0.1) is 6.42 Å². The van der Waals surface area contributed by atoms with Crippen molar-refractivity contribution in [1.82, 2.24) is 0 Å².